The van der Waals surface area contributed by atoms with E-state index in [1.165, 1.54) is 7.11 Å². The molecule has 2 fully saturated rings. The van der Waals surface area contributed by atoms with Crippen LogP contribution in [-0.2, 0) is 11.3 Å². The number of carbonyl (C=O) groups is 2. The van der Waals surface area contributed by atoms with Gasteiger partial charge in [0.15, 0.2) is 17.4 Å². The number of nitrogens with zero attached hydrogens (tertiary/aromatic N) is 1. The van der Waals surface area contributed by atoms with E-state index in [4.69, 9.17) is 9.47 Å². The van der Waals surface area contributed by atoms with Crippen LogP contribution in [0.1, 0.15) is 41.6 Å². The Morgan fingerprint density at radius 2 is 1.67 bits per heavy atom. The monoisotopic (exact) mass is 415 g/mol. The Morgan fingerprint density at radius 3 is 2.30 bits per heavy atom. The van der Waals surface area contributed by atoms with Gasteiger partial charge in [0.1, 0.15) is 12.4 Å². The number of hydrogen-bond donors (Lipinski definition) is 0. The fraction of sp³-hybridized carbons (Fsp3) is 0.391. The van der Waals surface area contributed by atoms with Crippen molar-refractivity contribution in [1.82, 2.24) is 4.90 Å². The molecular formula is C23H23F2NO4. The first-order chi connectivity index (χ1) is 14.5. The van der Waals surface area contributed by atoms with Gasteiger partial charge in [0.2, 0.25) is 0 Å². The summed E-state index contributed by atoms with van der Waals surface area (Å²) < 4.78 is 37.8. The lowest BCUT2D eigenvalue weighted by Crippen LogP contribution is -2.48. The number of hydrogen-bond acceptors (Lipinski definition) is 4. The molecule has 2 unspecified atom stereocenters. The highest BCUT2D eigenvalue weighted by Crippen LogP contribution is 2.41. The van der Waals surface area contributed by atoms with Crippen molar-refractivity contribution in [3.63, 3.8) is 0 Å². The number of ether oxygens (including phenoxy) is 2. The van der Waals surface area contributed by atoms with E-state index in [0.717, 1.165) is 30.5 Å². The largest absolute Gasteiger partial charge is 0.496 e. The topological polar surface area (TPSA) is 55.8 Å². The zero-order valence-electron chi connectivity index (χ0n) is 16.6. The van der Waals surface area contributed by atoms with E-state index in [1.807, 2.05) is 30.3 Å². The summed E-state index contributed by atoms with van der Waals surface area (Å²) in [7, 11) is 1.32. The number of piperidine rings is 1. The first-order valence-electron chi connectivity index (χ1n) is 10.0. The molecule has 0 saturated carbocycles. The van der Waals surface area contributed by atoms with Crippen molar-refractivity contribution >= 4 is 11.9 Å². The van der Waals surface area contributed by atoms with Crippen LogP contribution in [0.5, 0.6) is 5.75 Å². The first kappa shape index (κ1) is 20.3. The third-order valence-corrected chi connectivity index (χ3v) is 6.03. The molecule has 5 nitrogen and oxygen atoms in total. The second-order valence-corrected chi connectivity index (χ2v) is 7.83. The van der Waals surface area contributed by atoms with Crippen LogP contribution in [0.2, 0.25) is 0 Å². The summed E-state index contributed by atoms with van der Waals surface area (Å²) in [6.45, 7) is 0.198. The van der Waals surface area contributed by atoms with E-state index in [-0.39, 0.29) is 47.8 Å². The quantitative estimate of drug-likeness (QED) is 0.662. The van der Waals surface area contributed by atoms with Crippen LogP contribution >= 0.6 is 0 Å². The minimum atomic E-state index is -1.08. The van der Waals surface area contributed by atoms with Gasteiger partial charge in [-0.2, -0.15) is 0 Å². The van der Waals surface area contributed by atoms with Crippen molar-refractivity contribution in [2.24, 2.45) is 5.92 Å². The number of methoxy groups -OCH3 is 1. The number of carbonyl (C=O) groups excluding carboxylic acids is 2. The first-order valence-corrected chi connectivity index (χ1v) is 10.0. The molecular weight excluding hydrogens is 392 g/mol. The number of rotatable bonds is 5. The van der Waals surface area contributed by atoms with Crippen molar-refractivity contribution < 1.29 is 27.8 Å². The van der Waals surface area contributed by atoms with Crippen LogP contribution in [0.4, 0.5) is 13.6 Å². The Labute approximate surface area is 173 Å². The summed E-state index contributed by atoms with van der Waals surface area (Å²) in [5.41, 5.74) is 0.953. The standard InChI is InChI=1S/C23H23F2NO4/c1-29-21-12-20(25)19(24)11-18(21)22(27)15-9-16-7-8-17(10-15)26(16)23(28)30-13-14-5-3-2-4-6-14/h2-6,11-12,15-17H,7-10,13H2,1H3. The molecule has 0 N–H and O–H groups in total. The van der Waals surface area contributed by atoms with E-state index >= 15 is 0 Å². The molecule has 2 atom stereocenters. The van der Waals surface area contributed by atoms with Crippen molar-refractivity contribution in [1.29, 1.82) is 0 Å². The van der Waals surface area contributed by atoms with Crippen LogP contribution in [0.3, 0.4) is 0 Å². The Morgan fingerprint density at radius 1 is 1.03 bits per heavy atom. The zero-order chi connectivity index (χ0) is 21.3. The lowest BCUT2D eigenvalue weighted by molar-refractivity contribution is 0.0484. The number of amides is 1. The molecule has 4 rings (SSSR count). The molecule has 0 spiro atoms. The van der Waals surface area contributed by atoms with Crippen LogP contribution in [-0.4, -0.2) is 36.0 Å². The summed E-state index contributed by atoms with van der Waals surface area (Å²) in [6, 6.07) is 11.0. The second-order valence-electron chi connectivity index (χ2n) is 7.83. The van der Waals surface area contributed by atoms with Gasteiger partial charge in [-0.25, -0.2) is 13.6 Å². The maximum atomic E-state index is 13.7. The molecule has 2 aromatic rings. The highest BCUT2D eigenvalue weighted by molar-refractivity contribution is 6.00. The van der Waals surface area contributed by atoms with Crippen LogP contribution in [0, 0.1) is 17.6 Å². The third kappa shape index (κ3) is 3.88. The summed E-state index contributed by atoms with van der Waals surface area (Å²) in [4.78, 5) is 27.5. The van der Waals surface area contributed by atoms with Gasteiger partial charge in [-0.05, 0) is 37.3 Å². The minimum Gasteiger partial charge on any atom is -0.496 e. The predicted molar refractivity (Wildman–Crippen MR) is 105 cm³/mol. The summed E-state index contributed by atoms with van der Waals surface area (Å²) in [5, 5.41) is 0. The van der Waals surface area contributed by atoms with Crippen molar-refractivity contribution in [2.45, 2.75) is 44.4 Å². The van der Waals surface area contributed by atoms with Crippen LogP contribution in [0.15, 0.2) is 42.5 Å². The highest BCUT2D eigenvalue weighted by Gasteiger charge is 2.46. The van der Waals surface area contributed by atoms with Crippen LogP contribution in [0.25, 0.3) is 0 Å². The Bertz CT molecular complexity index is 936. The van der Waals surface area contributed by atoms with Gasteiger partial charge in [-0.3, -0.25) is 4.79 Å². The molecule has 2 aliphatic rings. The molecule has 158 valence electrons. The van der Waals surface area contributed by atoms with E-state index < -0.39 is 11.6 Å². The molecule has 0 radical (unpaired) electrons. The number of ketones is 1. The number of halogens is 2. The van der Waals surface area contributed by atoms with Crippen LogP contribution < -0.4 is 4.74 Å². The minimum absolute atomic E-state index is 0.0240. The number of fused-ring (bicyclic) bond motifs is 2. The smallest absolute Gasteiger partial charge is 0.410 e. The zero-order valence-corrected chi connectivity index (χ0v) is 16.6. The van der Waals surface area contributed by atoms with Gasteiger partial charge >= 0.3 is 6.09 Å². The SMILES string of the molecule is COc1cc(F)c(F)cc1C(=O)C1CC2CCC(C1)N2C(=O)OCc1ccccc1. The second kappa shape index (κ2) is 8.42. The lowest BCUT2D eigenvalue weighted by atomic mass is 9.84. The predicted octanol–water partition coefficient (Wildman–Crippen LogP) is 4.74. The van der Waals surface area contributed by atoms with Crippen molar-refractivity contribution in [3.05, 3.63) is 65.2 Å². The number of benzene rings is 2. The molecule has 0 aliphatic carbocycles. The van der Waals surface area contributed by atoms with Gasteiger partial charge in [0.25, 0.3) is 0 Å². The van der Waals surface area contributed by atoms with Gasteiger partial charge < -0.3 is 14.4 Å². The molecule has 2 aliphatic heterocycles. The Balaban J connectivity index is 1.44. The molecule has 2 aromatic carbocycles. The Kier molecular flexibility index (Phi) is 5.70. The third-order valence-electron chi connectivity index (χ3n) is 6.03. The summed E-state index contributed by atoms with van der Waals surface area (Å²) >= 11 is 0. The average molecular weight is 415 g/mol. The van der Waals surface area contributed by atoms with Gasteiger partial charge in [0.05, 0.1) is 12.7 Å². The van der Waals surface area contributed by atoms with E-state index in [2.05, 4.69) is 0 Å². The molecule has 2 saturated heterocycles. The fourth-order valence-corrected chi connectivity index (χ4v) is 4.59. The maximum Gasteiger partial charge on any atom is 0.410 e. The molecule has 30 heavy (non-hydrogen) atoms. The van der Waals surface area contributed by atoms with Gasteiger partial charge in [-0.15, -0.1) is 0 Å². The average Bonchev–Trinajstić information content (AvgIpc) is 3.03. The molecule has 2 bridgehead atoms. The molecule has 2 heterocycles. The van der Waals surface area contributed by atoms with E-state index in [1.54, 1.807) is 4.90 Å². The normalized spacial score (nSPS) is 22.6. The van der Waals surface area contributed by atoms with Crippen molar-refractivity contribution in [2.75, 3.05) is 7.11 Å². The van der Waals surface area contributed by atoms with E-state index in [0.29, 0.717) is 12.8 Å². The van der Waals surface area contributed by atoms with Gasteiger partial charge in [-0.1, -0.05) is 30.3 Å². The summed E-state index contributed by atoms with van der Waals surface area (Å²) in [6.07, 6.45) is 2.16. The highest BCUT2D eigenvalue weighted by atomic mass is 19.2. The fourth-order valence-electron chi connectivity index (χ4n) is 4.59. The maximum absolute atomic E-state index is 13.7. The molecule has 0 aromatic heterocycles. The Hall–Kier alpha value is -2.96. The van der Waals surface area contributed by atoms with Gasteiger partial charge in [0, 0.05) is 24.1 Å². The molecule has 1 amide bonds. The lowest BCUT2D eigenvalue weighted by Gasteiger charge is -2.37. The summed E-state index contributed by atoms with van der Waals surface area (Å²) in [5.74, 6) is -2.76. The van der Waals surface area contributed by atoms with Crippen molar-refractivity contribution in [3.8, 4) is 5.75 Å². The van der Waals surface area contributed by atoms with E-state index in [9.17, 15) is 18.4 Å². The number of Topliss-reactive ketones (excluding diaryl/α,β-unsaturated/α-hetero) is 1. The molecule has 7 heteroatoms.